The molecule has 1 heterocycles. The highest BCUT2D eigenvalue weighted by atomic mass is 35.5. The molecule has 0 radical (unpaired) electrons. The minimum atomic E-state index is -0.177. The van der Waals surface area contributed by atoms with E-state index in [1.165, 1.54) is 7.11 Å². The number of halogens is 1. The van der Waals surface area contributed by atoms with Gasteiger partial charge in [-0.3, -0.25) is 9.59 Å². The van der Waals surface area contributed by atoms with E-state index < -0.39 is 0 Å². The number of methoxy groups -OCH3 is 1. The first-order chi connectivity index (χ1) is 12.5. The molecule has 0 saturated carbocycles. The Bertz CT molecular complexity index is 631. The van der Waals surface area contributed by atoms with E-state index in [4.69, 9.17) is 16.3 Å². The number of carbonyl (C=O) groups excluding carboxylic acids is 2. The lowest BCUT2D eigenvalue weighted by molar-refractivity contribution is -0.121. The smallest absolute Gasteiger partial charge is 0.226 e. The van der Waals surface area contributed by atoms with E-state index in [9.17, 15) is 9.59 Å². The Hall–Kier alpha value is -1.79. The Kier molecular flexibility index (Phi) is 8.19. The first-order valence-corrected chi connectivity index (χ1v) is 9.48. The summed E-state index contributed by atoms with van der Waals surface area (Å²) in [5, 5.41) is 9.53. The van der Waals surface area contributed by atoms with Crippen LogP contribution in [-0.2, 0) is 9.59 Å². The molecule has 0 aliphatic carbocycles. The van der Waals surface area contributed by atoms with Crippen molar-refractivity contribution in [2.45, 2.75) is 39.0 Å². The number of carbonyl (C=O) groups is 2. The number of piperidine rings is 1. The third-order valence-corrected chi connectivity index (χ3v) is 5.07. The van der Waals surface area contributed by atoms with Crippen molar-refractivity contribution >= 4 is 29.1 Å². The molecule has 0 spiro atoms. The van der Waals surface area contributed by atoms with Crippen LogP contribution in [0.25, 0.3) is 0 Å². The molecular weight excluding hydrogens is 354 g/mol. The number of hydrogen-bond donors (Lipinski definition) is 3. The minimum Gasteiger partial charge on any atom is -0.495 e. The van der Waals surface area contributed by atoms with E-state index in [1.54, 1.807) is 12.1 Å². The lowest BCUT2D eigenvalue weighted by Gasteiger charge is -2.22. The van der Waals surface area contributed by atoms with Crippen molar-refractivity contribution in [3.8, 4) is 5.75 Å². The summed E-state index contributed by atoms with van der Waals surface area (Å²) in [6, 6.07) is 3.45. The molecular formula is C19H28ClN3O3. The van der Waals surface area contributed by atoms with Gasteiger partial charge in [-0.1, -0.05) is 11.6 Å². The molecule has 0 bridgehead atoms. The number of benzene rings is 1. The van der Waals surface area contributed by atoms with Gasteiger partial charge in [0.25, 0.3) is 0 Å². The molecule has 1 aliphatic rings. The lowest BCUT2D eigenvalue weighted by atomic mass is 9.93. The monoisotopic (exact) mass is 381 g/mol. The fourth-order valence-electron chi connectivity index (χ4n) is 3.05. The predicted molar refractivity (Wildman–Crippen MR) is 104 cm³/mol. The van der Waals surface area contributed by atoms with Crippen LogP contribution in [0.4, 0.5) is 5.69 Å². The van der Waals surface area contributed by atoms with Gasteiger partial charge < -0.3 is 20.7 Å². The number of anilines is 1. The average Bonchev–Trinajstić information content (AvgIpc) is 2.63. The lowest BCUT2D eigenvalue weighted by Crippen LogP contribution is -2.30. The number of amides is 2. The second-order valence-corrected chi connectivity index (χ2v) is 7.09. The number of aryl methyl sites for hydroxylation is 1. The summed E-state index contributed by atoms with van der Waals surface area (Å²) < 4.78 is 5.24. The molecule has 2 amide bonds. The molecule has 6 nitrogen and oxygen atoms in total. The van der Waals surface area contributed by atoms with Crippen molar-refractivity contribution in [3.63, 3.8) is 0 Å². The fourth-order valence-corrected chi connectivity index (χ4v) is 3.21. The molecule has 1 aromatic carbocycles. The first kappa shape index (κ1) is 20.5. The summed E-state index contributed by atoms with van der Waals surface area (Å²) in [6.07, 6.45) is 3.93. The molecule has 7 heteroatoms. The maximum Gasteiger partial charge on any atom is 0.226 e. The third-order valence-electron chi connectivity index (χ3n) is 4.67. The van der Waals surface area contributed by atoms with Gasteiger partial charge in [0.15, 0.2) is 0 Å². The van der Waals surface area contributed by atoms with Gasteiger partial charge >= 0.3 is 0 Å². The van der Waals surface area contributed by atoms with Gasteiger partial charge in [0.2, 0.25) is 11.8 Å². The van der Waals surface area contributed by atoms with Gasteiger partial charge in [0.1, 0.15) is 5.75 Å². The van der Waals surface area contributed by atoms with Crippen molar-refractivity contribution in [1.29, 1.82) is 0 Å². The number of rotatable bonds is 8. The number of nitrogens with one attached hydrogen (secondary N) is 3. The Morgan fingerprint density at radius 2 is 1.96 bits per heavy atom. The van der Waals surface area contributed by atoms with Crippen LogP contribution in [-0.4, -0.2) is 38.6 Å². The van der Waals surface area contributed by atoms with Crippen LogP contribution in [0.1, 0.15) is 37.7 Å². The quantitative estimate of drug-likeness (QED) is 0.647. The van der Waals surface area contributed by atoms with Gasteiger partial charge in [-0.25, -0.2) is 0 Å². The van der Waals surface area contributed by atoms with Crippen LogP contribution in [0, 0.1) is 12.8 Å². The molecule has 1 fully saturated rings. The van der Waals surface area contributed by atoms with Crippen LogP contribution < -0.4 is 20.7 Å². The summed E-state index contributed by atoms with van der Waals surface area (Å²) in [5.41, 5.74) is 1.44. The standard InChI is InChI=1S/C19H28ClN3O3/c1-13-11-16(17(26-2)12-15(13)20)23-19(25)7-10-22-18(24)4-3-14-5-8-21-9-6-14/h11-12,14,21H,3-10H2,1-2H3,(H,22,24)(H,23,25). The zero-order chi connectivity index (χ0) is 18.9. The van der Waals surface area contributed by atoms with Gasteiger partial charge in [0.05, 0.1) is 12.8 Å². The van der Waals surface area contributed by atoms with Gasteiger partial charge in [-0.2, -0.15) is 0 Å². The Morgan fingerprint density at radius 1 is 1.23 bits per heavy atom. The zero-order valence-electron chi connectivity index (χ0n) is 15.5. The molecule has 1 aromatic rings. The molecule has 3 N–H and O–H groups in total. The van der Waals surface area contributed by atoms with Crippen LogP contribution in [0.2, 0.25) is 5.02 Å². The maximum atomic E-state index is 12.1. The summed E-state index contributed by atoms with van der Waals surface area (Å²) in [7, 11) is 1.53. The van der Waals surface area contributed by atoms with Crippen LogP contribution in [0.3, 0.4) is 0 Å². The molecule has 1 saturated heterocycles. The Morgan fingerprint density at radius 3 is 2.65 bits per heavy atom. The van der Waals surface area contributed by atoms with E-state index in [0.29, 0.717) is 35.3 Å². The SMILES string of the molecule is COc1cc(Cl)c(C)cc1NC(=O)CCNC(=O)CCC1CCNCC1. The van der Waals surface area contributed by atoms with Crippen molar-refractivity contribution in [2.75, 3.05) is 32.1 Å². The normalized spacial score (nSPS) is 14.7. The van der Waals surface area contributed by atoms with Crippen molar-refractivity contribution in [1.82, 2.24) is 10.6 Å². The fraction of sp³-hybridized carbons (Fsp3) is 0.579. The van der Waals surface area contributed by atoms with Gasteiger partial charge in [0, 0.05) is 30.5 Å². The second-order valence-electron chi connectivity index (χ2n) is 6.68. The third kappa shape index (κ3) is 6.50. The van der Waals surface area contributed by atoms with E-state index in [0.717, 1.165) is 37.9 Å². The Labute approximate surface area is 160 Å². The average molecular weight is 382 g/mol. The van der Waals surface area contributed by atoms with E-state index >= 15 is 0 Å². The Balaban J connectivity index is 1.70. The molecule has 26 heavy (non-hydrogen) atoms. The highest BCUT2D eigenvalue weighted by molar-refractivity contribution is 6.31. The summed E-state index contributed by atoms with van der Waals surface area (Å²) in [5.74, 6) is 0.978. The number of hydrogen-bond acceptors (Lipinski definition) is 4. The van der Waals surface area contributed by atoms with E-state index in [1.807, 2.05) is 6.92 Å². The van der Waals surface area contributed by atoms with Crippen molar-refractivity contribution in [3.05, 3.63) is 22.7 Å². The molecule has 0 aromatic heterocycles. The first-order valence-electron chi connectivity index (χ1n) is 9.11. The summed E-state index contributed by atoms with van der Waals surface area (Å²) >= 11 is 6.06. The molecule has 0 atom stereocenters. The zero-order valence-corrected chi connectivity index (χ0v) is 16.2. The highest BCUT2D eigenvalue weighted by Gasteiger charge is 2.15. The molecule has 1 aliphatic heterocycles. The van der Waals surface area contributed by atoms with Gasteiger partial charge in [-0.15, -0.1) is 0 Å². The van der Waals surface area contributed by atoms with Crippen molar-refractivity contribution < 1.29 is 14.3 Å². The molecule has 0 unspecified atom stereocenters. The maximum absolute atomic E-state index is 12.1. The summed E-state index contributed by atoms with van der Waals surface area (Å²) in [4.78, 5) is 24.0. The molecule has 2 rings (SSSR count). The van der Waals surface area contributed by atoms with E-state index in [-0.39, 0.29) is 18.2 Å². The number of ether oxygens (including phenoxy) is 1. The minimum absolute atomic E-state index is 0.0104. The van der Waals surface area contributed by atoms with E-state index in [2.05, 4.69) is 16.0 Å². The van der Waals surface area contributed by atoms with Crippen molar-refractivity contribution in [2.24, 2.45) is 5.92 Å². The molecule has 144 valence electrons. The predicted octanol–water partition coefficient (Wildman–Crippen LogP) is 2.88. The van der Waals surface area contributed by atoms with Gasteiger partial charge in [-0.05, 0) is 56.8 Å². The van der Waals surface area contributed by atoms with Crippen LogP contribution >= 0.6 is 11.6 Å². The largest absolute Gasteiger partial charge is 0.495 e. The second kappa shape index (κ2) is 10.4. The topological polar surface area (TPSA) is 79.5 Å². The van der Waals surface area contributed by atoms with Crippen LogP contribution in [0.5, 0.6) is 5.75 Å². The summed E-state index contributed by atoms with van der Waals surface area (Å²) in [6.45, 7) is 4.27. The van der Waals surface area contributed by atoms with Crippen LogP contribution in [0.15, 0.2) is 12.1 Å². The highest BCUT2D eigenvalue weighted by Crippen LogP contribution is 2.30.